The first-order valence-electron chi connectivity index (χ1n) is 5.52. The van der Waals surface area contributed by atoms with Crippen molar-refractivity contribution in [3.8, 4) is 0 Å². The number of nitrogens with one attached hydrogen (secondary N) is 1. The molecule has 0 aliphatic carbocycles. The van der Waals surface area contributed by atoms with Crippen LogP contribution in [0, 0.1) is 13.8 Å². The predicted octanol–water partition coefficient (Wildman–Crippen LogP) is 1.81. The first-order chi connectivity index (χ1) is 8.49. The molecule has 2 heterocycles. The minimum atomic E-state index is 0.336. The van der Waals surface area contributed by atoms with E-state index in [0.29, 0.717) is 4.99 Å². The number of aryl methyl sites for hydroxylation is 3. The first-order valence-corrected chi connectivity index (χ1v) is 5.93. The summed E-state index contributed by atoms with van der Waals surface area (Å²) in [7, 11) is 1.85. The lowest BCUT2D eigenvalue weighted by Gasteiger charge is -2.09. The van der Waals surface area contributed by atoms with Crippen molar-refractivity contribution in [3.63, 3.8) is 0 Å². The Balaban J connectivity index is 2.39. The van der Waals surface area contributed by atoms with Crippen LogP contribution in [0.25, 0.3) is 0 Å². The zero-order valence-electron chi connectivity index (χ0n) is 10.6. The molecule has 0 fully saturated rings. The number of nitrogens with zero attached hydrogens (tertiary/aromatic N) is 3. The lowest BCUT2D eigenvalue weighted by molar-refractivity contribution is 0.765. The van der Waals surface area contributed by atoms with Crippen molar-refractivity contribution in [3.05, 3.63) is 35.3 Å². The molecule has 2 aromatic rings. The molecular formula is C12H15N5S. The molecule has 0 aliphatic rings. The van der Waals surface area contributed by atoms with Crippen LogP contribution in [-0.2, 0) is 7.05 Å². The van der Waals surface area contributed by atoms with E-state index in [9.17, 15) is 0 Å². The van der Waals surface area contributed by atoms with Gasteiger partial charge < -0.3 is 11.1 Å². The van der Waals surface area contributed by atoms with Crippen LogP contribution in [0.15, 0.2) is 18.3 Å². The molecule has 3 N–H and O–H groups in total. The molecule has 0 bridgehead atoms. The second kappa shape index (κ2) is 4.73. The number of rotatable bonds is 3. The zero-order valence-corrected chi connectivity index (χ0v) is 11.4. The van der Waals surface area contributed by atoms with Crippen molar-refractivity contribution in [2.75, 3.05) is 5.32 Å². The largest absolute Gasteiger partial charge is 0.389 e. The molecule has 94 valence electrons. The smallest absolute Gasteiger partial charge is 0.138 e. The van der Waals surface area contributed by atoms with Gasteiger partial charge >= 0.3 is 0 Å². The number of hydrogen-bond donors (Lipinski definition) is 2. The average molecular weight is 261 g/mol. The van der Waals surface area contributed by atoms with E-state index in [2.05, 4.69) is 15.4 Å². The van der Waals surface area contributed by atoms with E-state index in [1.807, 2.05) is 33.0 Å². The third-order valence-corrected chi connectivity index (χ3v) is 2.85. The van der Waals surface area contributed by atoms with E-state index < -0.39 is 0 Å². The van der Waals surface area contributed by atoms with Crippen molar-refractivity contribution in [1.29, 1.82) is 0 Å². The second-order valence-corrected chi connectivity index (χ2v) is 4.55. The van der Waals surface area contributed by atoms with Gasteiger partial charge in [0, 0.05) is 12.7 Å². The normalized spacial score (nSPS) is 10.4. The van der Waals surface area contributed by atoms with Crippen molar-refractivity contribution >= 4 is 28.7 Å². The zero-order chi connectivity index (χ0) is 13.3. The Bertz CT molecular complexity index is 585. The van der Waals surface area contributed by atoms with Gasteiger partial charge in [-0.2, -0.15) is 5.10 Å². The van der Waals surface area contributed by atoms with Crippen LogP contribution in [0.4, 0.5) is 11.5 Å². The summed E-state index contributed by atoms with van der Waals surface area (Å²) >= 11 is 5.06. The van der Waals surface area contributed by atoms with E-state index in [-0.39, 0.29) is 0 Å². The lowest BCUT2D eigenvalue weighted by Crippen LogP contribution is -2.13. The number of anilines is 2. The van der Waals surface area contributed by atoms with Crippen LogP contribution in [0.1, 0.15) is 17.0 Å². The molecule has 18 heavy (non-hydrogen) atoms. The van der Waals surface area contributed by atoms with E-state index in [1.54, 1.807) is 10.9 Å². The quantitative estimate of drug-likeness (QED) is 0.825. The Morgan fingerprint density at radius 3 is 2.67 bits per heavy atom. The average Bonchev–Trinajstić information content (AvgIpc) is 2.57. The molecule has 5 nitrogen and oxygen atoms in total. The van der Waals surface area contributed by atoms with Gasteiger partial charge in [0.05, 0.1) is 23.1 Å². The molecular weight excluding hydrogens is 246 g/mol. The van der Waals surface area contributed by atoms with E-state index in [0.717, 1.165) is 28.5 Å². The molecule has 0 aliphatic heterocycles. The number of hydrogen-bond acceptors (Lipinski definition) is 4. The highest BCUT2D eigenvalue weighted by atomic mass is 32.1. The number of pyridine rings is 1. The Hall–Kier alpha value is -1.95. The molecule has 0 atom stereocenters. The summed E-state index contributed by atoms with van der Waals surface area (Å²) in [4.78, 5) is 4.57. The van der Waals surface area contributed by atoms with Crippen LogP contribution in [-0.4, -0.2) is 19.8 Å². The van der Waals surface area contributed by atoms with Gasteiger partial charge in [0.2, 0.25) is 0 Å². The Morgan fingerprint density at radius 1 is 1.39 bits per heavy atom. The van der Waals surface area contributed by atoms with Gasteiger partial charge in [0.15, 0.2) is 0 Å². The van der Waals surface area contributed by atoms with Crippen molar-refractivity contribution in [2.24, 2.45) is 12.8 Å². The lowest BCUT2D eigenvalue weighted by atomic mass is 10.2. The van der Waals surface area contributed by atoms with Crippen LogP contribution >= 0.6 is 12.2 Å². The van der Waals surface area contributed by atoms with Crippen LogP contribution < -0.4 is 11.1 Å². The van der Waals surface area contributed by atoms with Gasteiger partial charge in [-0.15, -0.1) is 0 Å². The van der Waals surface area contributed by atoms with Gasteiger partial charge in [-0.1, -0.05) is 12.2 Å². The summed E-state index contributed by atoms with van der Waals surface area (Å²) in [6, 6.07) is 3.89. The molecule has 0 radical (unpaired) electrons. The Morgan fingerprint density at radius 2 is 2.11 bits per heavy atom. The summed E-state index contributed by atoms with van der Waals surface area (Å²) in [5.41, 5.74) is 9.16. The molecule has 0 amide bonds. The molecule has 0 spiro atoms. The third-order valence-electron chi connectivity index (χ3n) is 2.64. The predicted molar refractivity (Wildman–Crippen MR) is 76.1 cm³/mol. The van der Waals surface area contributed by atoms with Gasteiger partial charge in [-0.25, -0.2) is 0 Å². The maximum Gasteiger partial charge on any atom is 0.138 e. The molecule has 6 heteroatoms. The minimum Gasteiger partial charge on any atom is -0.389 e. The molecule has 0 aromatic carbocycles. The summed E-state index contributed by atoms with van der Waals surface area (Å²) in [5, 5.41) is 7.55. The summed E-state index contributed by atoms with van der Waals surface area (Å²) in [6.45, 7) is 3.82. The molecule has 0 saturated carbocycles. The summed E-state index contributed by atoms with van der Waals surface area (Å²) < 4.78 is 1.73. The fourth-order valence-electron chi connectivity index (χ4n) is 1.78. The SMILES string of the molecule is Cc1ccc(Nc2c(C(N)=S)c(C)nn2C)cn1. The van der Waals surface area contributed by atoms with Crippen molar-refractivity contribution < 1.29 is 0 Å². The first kappa shape index (κ1) is 12.5. The number of aromatic nitrogens is 3. The topological polar surface area (TPSA) is 68.8 Å². The maximum absolute atomic E-state index is 5.73. The Kier molecular flexibility index (Phi) is 3.29. The summed E-state index contributed by atoms with van der Waals surface area (Å²) in [6.07, 6.45) is 1.76. The van der Waals surface area contributed by atoms with E-state index in [1.165, 1.54) is 0 Å². The van der Waals surface area contributed by atoms with E-state index >= 15 is 0 Å². The van der Waals surface area contributed by atoms with Crippen molar-refractivity contribution in [1.82, 2.24) is 14.8 Å². The molecule has 0 saturated heterocycles. The molecule has 2 rings (SSSR count). The van der Waals surface area contributed by atoms with Gasteiger partial charge in [-0.3, -0.25) is 9.67 Å². The second-order valence-electron chi connectivity index (χ2n) is 4.11. The van der Waals surface area contributed by atoms with E-state index in [4.69, 9.17) is 18.0 Å². The third kappa shape index (κ3) is 2.33. The van der Waals surface area contributed by atoms with Crippen LogP contribution in [0.2, 0.25) is 0 Å². The fraction of sp³-hybridized carbons (Fsp3) is 0.250. The minimum absolute atomic E-state index is 0.336. The highest BCUT2D eigenvalue weighted by Gasteiger charge is 2.15. The fourth-order valence-corrected chi connectivity index (χ4v) is 2.02. The summed E-state index contributed by atoms with van der Waals surface area (Å²) in [5.74, 6) is 0.783. The highest BCUT2D eigenvalue weighted by Crippen LogP contribution is 2.22. The van der Waals surface area contributed by atoms with Gasteiger partial charge in [0.1, 0.15) is 10.8 Å². The van der Waals surface area contributed by atoms with Crippen LogP contribution in [0.5, 0.6) is 0 Å². The Labute approximate surface area is 111 Å². The van der Waals surface area contributed by atoms with Gasteiger partial charge in [0.25, 0.3) is 0 Å². The van der Waals surface area contributed by atoms with Crippen LogP contribution in [0.3, 0.4) is 0 Å². The molecule has 0 unspecified atom stereocenters. The number of nitrogens with two attached hydrogens (primary N) is 1. The number of thiocarbonyl (C=S) groups is 1. The van der Waals surface area contributed by atoms with Gasteiger partial charge in [-0.05, 0) is 26.0 Å². The van der Waals surface area contributed by atoms with Crippen molar-refractivity contribution in [2.45, 2.75) is 13.8 Å². The standard InChI is InChI=1S/C12H15N5S/c1-7-4-5-9(6-14-7)15-12-10(11(13)18)8(2)16-17(12)3/h4-6,15H,1-3H3,(H2,13,18). The monoisotopic (exact) mass is 261 g/mol. The maximum atomic E-state index is 5.73. The molecule has 2 aromatic heterocycles. The highest BCUT2D eigenvalue weighted by molar-refractivity contribution is 7.80.